The summed E-state index contributed by atoms with van der Waals surface area (Å²) in [4.78, 5) is 18.2. The van der Waals surface area contributed by atoms with Crippen LogP contribution in [0.25, 0.3) is 34.0 Å². The smallest absolute Gasteiger partial charge is 0.288 e. The Kier molecular flexibility index (Phi) is 4.86. The molecule has 0 atom stereocenters. The fourth-order valence-corrected chi connectivity index (χ4v) is 3.27. The summed E-state index contributed by atoms with van der Waals surface area (Å²) in [7, 11) is 0. The molecule has 0 saturated heterocycles. The SMILES string of the molecule is Cc1cc2nc(/C(C#N)=C/c3ccc(-c4ccc(Cl)c([N+](=O)[O-])c4)o3)[nH]c2cc1C. The maximum Gasteiger partial charge on any atom is 0.288 e. The first kappa shape index (κ1) is 19.4. The number of nitro groups is 1. The highest BCUT2D eigenvalue weighted by Gasteiger charge is 2.16. The molecule has 0 fully saturated rings. The first-order chi connectivity index (χ1) is 14.4. The fraction of sp³-hybridized carbons (Fsp3) is 0.0909. The van der Waals surface area contributed by atoms with E-state index in [9.17, 15) is 15.4 Å². The van der Waals surface area contributed by atoms with Crippen molar-refractivity contribution >= 4 is 40.0 Å². The second-order valence-corrected chi connectivity index (χ2v) is 7.24. The van der Waals surface area contributed by atoms with Gasteiger partial charge in [0.05, 0.1) is 21.5 Å². The lowest BCUT2D eigenvalue weighted by Crippen LogP contribution is -1.89. The number of furan rings is 1. The van der Waals surface area contributed by atoms with Crippen LogP contribution in [0.1, 0.15) is 22.7 Å². The van der Waals surface area contributed by atoms with E-state index in [1.165, 1.54) is 12.1 Å². The molecule has 0 aliphatic carbocycles. The van der Waals surface area contributed by atoms with E-state index in [0.717, 1.165) is 22.2 Å². The molecule has 4 aromatic rings. The number of nitrogens with zero attached hydrogens (tertiary/aromatic N) is 3. The van der Waals surface area contributed by atoms with Crippen LogP contribution in [0.4, 0.5) is 5.69 Å². The minimum Gasteiger partial charge on any atom is -0.457 e. The van der Waals surface area contributed by atoms with Crippen molar-refractivity contribution in [3.05, 3.63) is 80.3 Å². The number of imidazole rings is 1. The van der Waals surface area contributed by atoms with Gasteiger partial charge >= 0.3 is 0 Å². The standard InChI is InChI=1S/C22H15ClN4O3/c1-12-7-18-19(8-13(12)2)26-22(25-18)15(11-24)9-16-4-6-21(30-16)14-3-5-17(23)20(10-14)27(28)29/h3-10H,1-2H3,(H,25,26)/b15-9+. The van der Waals surface area contributed by atoms with Gasteiger partial charge in [-0.25, -0.2) is 4.98 Å². The first-order valence-electron chi connectivity index (χ1n) is 8.99. The zero-order valence-electron chi connectivity index (χ0n) is 16.1. The van der Waals surface area contributed by atoms with Crippen LogP contribution >= 0.6 is 11.6 Å². The molecule has 148 valence electrons. The Morgan fingerprint density at radius 1 is 1.23 bits per heavy atom. The third kappa shape index (κ3) is 3.56. The number of rotatable bonds is 4. The van der Waals surface area contributed by atoms with E-state index in [1.807, 2.05) is 26.0 Å². The number of allylic oxidation sites excluding steroid dienone is 1. The molecule has 4 rings (SSSR count). The number of halogens is 1. The van der Waals surface area contributed by atoms with Crippen molar-refractivity contribution in [3.8, 4) is 17.4 Å². The Morgan fingerprint density at radius 2 is 2.00 bits per heavy atom. The van der Waals surface area contributed by atoms with E-state index in [-0.39, 0.29) is 10.7 Å². The third-order valence-corrected chi connectivity index (χ3v) is 5.13. The second-order valence-electron chi connectivity index (χ2n) is 6.83. The van der Waals surface area contributed by atoms with Crippen molar-refractivity contribution in [2.24, 2.45) is 0 Å². The van der Waals surface area contributed by atoms with Gasteiger partial charge < -0.3 is 9.40 Å². The number of hydrogen-bond acceptors (Lipinski definition) is 5. The summed E-state index contributed by atoms with van der Waals surface area (Å²) in [6, 6.07) is 13.9. The largest absolute Gasteiger partial charge is 0.457 e. The predicted molar refractivity (Wildman–Crippen MR) is 115 cm³/mol. The average molecular weight is 419 g/mol. The third-order valence-electron chi connectivity index (χ3n) is 4.81. The second kappa shape index (κ2) is 7.50. The highest BCUT2D eigenvalue weighted by atomic mass is 35.5. The molecular formula is C22H15ClN4O3. The summed E-state index contributed by atoms with van der Waals surface area (Å²) < 4.78 is 5.78. The van der Waals surface area contributed by atoms with E-state index < -0.39 is 4.92 Å². The van der Waals surface area contributed by atoms with Gasteiger partial charge in [0.25, 0.3) is 5.69 Å². The van der Waals surface area contributed by atoms with Gasteiger partial charge in [-0.05, 0) is 61.4 Å². The van der Waals surface area contributed by atoms with Crippen molar-refractivity contribution in [2.45, 2.75) is 13.8 Å². The topological polar surface area (TPSA) is 109 Å². The molecule has 0 spiro atoms. The molecule has 7 nitrogen and oxygen atoms in total. The van der Waals surface area contributed by atoms with E-state index in [0.29, 0.717) is 28.5 Å². The Morgan fingerprint density at radius 3 is 2.73 bits per heavy atom. The van der Waals surface area contributed by atoms with Crippen LogP contribution in [-0.4, -0.2) is 14.9 Å². The maximum atomic E-state index is 11.1. The van der Waals surface area contributed by atoms with Gasteiger partial charge in [-0.15, -0.1) is 0 Å². The molecule has 0 unspecified atom stereocenters. The molecule has 2 heterocycles. The number of nitriles is 1. The highest BCUT2D eigenvalue weighted by molar-refractivity contribution is 6.32. The van der Waals surface area contributed by atoms with Crippen molar-refractivity contribution in [3.63, 3.8) is 0 Å². The number of hydrogen-bond donors (Lipinski definition) is 1. The molecule has 0 saturated carbocycles. The first-order valence-corrected chi connectivity index (χ1v) is 9.37. The molecule has 2 aromatic carbocycles. The molecule has 1 N–H and O–H groups in total. The van der Waals surface area contributed by atoms with Gasteiger partial charge in [0.1, 0.15) is 28.4 Å². The number of fused-ring (bicyclic) bond motifs is 1. The van der Waals surface area contributed by atoms with E-state index >= 15 is 0 Å². The molecule has 30 heavy (non-hydrogen) atoms. The molecule has 0 radical (unpaired) electrons. The van der Waals surface area contributed by atoms with Crippen molar-refractivity contribution in [1.29, 1.82) is 5.26 Å². The van der Waals surface area contributed by atoms with Crippen LogP contribution in [0, 0.1) is 35.3 Å². The Bertz CT molecular complexity index is 1340. The van der Waals surface area contributed by atoms with Crippen molar-refractivity contribution < 1.29 is 9.34 Å². The monoisotopic (exact) mass is 418 g/mol. The number of nitro benzene ring substituents is 1. The van der Waals surface area contributed by atoms with Crippen LogP contribution in [0.5, 0.6) is 0 Å². The molecule has 8 heteroatoms. The zero-order valence-corrected chi connectivity index (χ0v) is 16.8. The number of aryl methyl sites for hydroxylation is 2. The van der Waals surface area contributed by atoms with Crippen LogP contribution < -0.4 is 0 Å². The maximum absolute atomic E-state index is 11.1. The number of benzene rings is 2. The van der Waals surface area contributed by atoms with E-state index in [2.05, 4.69) is 16.0 Å². The number of aromatic nitrogens is 2. The zero-order chi connectivity index (χ0) is 21.4. The fourth-order valence-electron chi connectivity index (χ4n) is 3.08. The molecular weight excluding hydrogens is 404 g/mol. The summed E-state index contributed by atoms with van der Waals surface area (Å²) in [5.41, 5.74) is 4.51. The predicted octanol–water partition coefficient (Wildman–Crippen LogP) is 6.07. The van der Waals surface area contributed by atoms with Crippen LogP contribution in [0.2, 0.25) is 5.02 Å². The Hall–Kier alpha value is -3.89. The molecule has 0 amide bonds. The average Bonchev–Trinajstić information content (AvgIpc) is 3.33. The molecule has 0 aliphatic heterocycles. The lowest BCUT2D eigenvalue weighted by atomic mass is 10.1. The van der Waals surface area contributed by atoms with Gasteiger partial charge in [0, 0.05) is 17.7 Å². The van der Waals surface area contributed by atoms with Crippen molar-refractivity contribution in [2.75, 3.05) is 0 Å². The van der Waals surface area contributed by atoms with Crippen LogP contribution in [0.3, 0.4) is 0 Å². The lowest BCUT2D eigenvalue weighted by molar-refractivity contribution is -0.384. The van der Waals surface area contributed by atoms with Crippen LogP contribution in [0.15, 0.2) is 46.9 Å². The van der Waals surface area contributed by atoms with E-state index in [1.54, 1.807) is 24.3 Å². The number of nitrogens with one attached hydrogen (secondary N) is 1. The molecule has 0 bridgehead atoms. The summed E-state index contributed by atoms with van der Waals surface area (Å²) in [6.07, 6.45) is 1.57. The minimum atomic E-state index is -0.547. The van der Waals surface area contributed by atoms with Gasteiger partial charge in [0.2, 0.25) is 0 Å². The van der Waals surface area contributed by atoms with E-state index in [4.69, 9.17) is 16.0 Å². The Labute approximate surface area is 176 Å². The normalized spacial score (nSPS) is 11.6. The van der Waals surface area contributed by atoms with Crippen molar-refractivity contribution in [1.82, 2.24) is 9.97 Å². The van der Waals surface area contributed by atoms with Crippen LogP contribution in [-0.2, 0) is 0 Å². The number of aromatic amines is 1. The van der Waals surface area contributed by atoms with Gasteiger partial charge in [0.15, 0.2) is 0 Å². The minimum absolute atomic E-state index is 0.0533. The summed E-state index contributed by atoms with van der Waals surface area (Å²) in [5, 5.41) is 20.8. The molecule has 2 aromatic heterocycles. The Balaban J connectivity index is 1.70. The highest BCUT2D eigenvalue weighted by Crippen LogP contribution is 2.32. The van der Waals surface area contributed by atoms with Gasteiger partial charge in [-0.3, -0.25) is 10.1 Å². The summed E-state index contributed by atoms with van der Waals surface area (Å²) in [6.45, 7) is 4.03. The number of H-pyrrole nitrogens is 1. The summed E-state index contributed by atoms with van der Waals surface area (Å²) in [5.74, 6) is 1.29. The van der Waals surface area contributed by atoms with Gasteiger partial charge in [-0.2, -0.15) is 5.26 Å². The van der Waals surface area contributed by atoms with Gasteiger partial charge in [-0.1, -0.05) is 11.6 Å². The lowest BCUT2D eigenvalue weighted by Gasteiger charge is -1.99. The molecule has 0 aliphatic rings. The quantitative estimate of drug-likeness (QED) is 0.246. The summed E-state index contributed by atoms with van der Waals surface area (Å²) >= 11 is 5.86.